The normalized spacial score (nSPS) is 20.4. The van der Waals surface area contributed by atoms with E-state index in [4.69, 9.17) is 25.8 Å². The highest BCUT2D eigenvalue weighted by Gasteiger charge is 2.64. The number of benzene rings is 3. The van der Waals surface area contributed by atoms with Crippen molar-refractivity contribution in [2.24, 2.45) is 16.2 Å². The Morgan fingerprint density at radius 2 is 1.63 bits per heavy atom. The first-order chi connectivity index (χ1) is 31.6. The van der Waals surface area contributed by atoms with Gasteiger partial charge in [0.15, 0.2) is 0 Å². The zero-order valence-electron chi connectivity index (χ0n) is 39.8. The minimum Gasteiger partial charge on any atom is -0.494 e. The van der Waals surface area contributed by atoms with E-state index in [1.54, 1.807) is 53.8 Å². The second-order valence-corrected chi connectivity index (χ2v) is 21.1. The van der Waals surface area contributed by atoms with E-state index in [2.05, 4.69) is 54.7 Å². The highest BCUT2D eigenvalue weighted by Crippen LogP contribution is 2.55. The van der Waals surface area contributed by atoms with Crippen molar-refractivity contribution >= 4 is 46.6 Å². The zero-order valence-corrected chi connectivity index (χ0v) is 41.3. The maximum absolute atomic E-state index is 14.1. The molecular weight excluding hydrogens is 892 g/mol. The number of likely N-dealkylation sites (tertiary alicyclic amines) is 1. The highest BCUT2D eigenvalue weighted by atomic mass is 35.5. The summed E-state index contributed by atoms with van der Waals surface area (Å²) < 4.78 is 17.9. The van der Waals surface area contributed by atoms with E-state index in [0.717, 1.165) is 21.7 Å². The van der Waals surface area contributed by atoms with Crippen LogP contribution in [0.2, 0.25) is 5.02 Å². The fourth-order valence-electron chi connectivity index (χ4n) is 9.39. The molecule has 1 aliphatic heterocycles. The van der Waals surface area contributed by atoms with Crippen LogP contribution < -0.4 is 25.4 Å². The summed E-state index contributed by atoms with van der Waals surface area (Å²) >= 11 is 7.80. The van der Waals surface area contributed by atoms with Gasteiger partial charge >= 0.3 is 0 Å². The van der Waals surface area contributed by atoms with Crippen molar-refractivity contribution in [1.82, 2.24) is 25.8 Å². The van der Waals surface area contributed by atoms with Crippen LogP contribution in [0.5, 0.6) is 11.5 Å². The van der Waals surface area contributed by atoms with Crippen LogP contribution in [-0.2, 0) is 19.1 Å². The largest absolute Gasteiger partial charge is 0.494 e. The second-order valence-electron chi connectivity index (χ2n) is 19.8. The number of nitrogens with one attached hydrogen (secondary N) is 3. The number of nitriles is 1. The molecule has 0 bridgehead atoms. The second kappa shape index (κ2) is 21.2. The van der Waals surface area contributed by atoms with Crippen molar-refractivity contribution in [3.05, 3.63) is 99.6 Å². The Labute approximate surface area is 402 Å². The van der Waals surface area contributed by atoms with Crippen molar-refractivity contribution in [1.29, 1.82) is 5.26 Å². The van der Waals surface area contributed by atoms with E-state index in [1.807, 2.05) is 64.4 Å². The van der Waals surface area contributed by atoms with Crippen molar-refractivity contribution in [2.75, 3.05) is 26.4 Å². The fourth-order valence-corrected chi connectivity index (χ4v) is 10.4. The van der Waals surface area contributed by atoms with Crippen LogP contribution in [0.4, 0.5) is 0 Å². The lowest BCUT2D eigenvalue weighted by atomic mass is 9.49. The van der Waals surface area contributed by atoms with Gasteiger partial charge in [-0.05, 0) is 79.6 Å². The molecule has 4 N–H and O–H groups in total. The smallest absolute Gasteiger partial charge is 0.251 e. The molecule has 14 nitrogen and oxygen atoms in total. The predicted molar refractivity (Wildman–Crippen MR) is 258 cm³/mol. The maximum Gasteiger partial charge on any atom is 0.251 e. The van der Waals surface area contributed by atoms with Gasteiger partial charge in [0, 0.05) is 48.1 Å². The van der Waals surface area contributed by atoms with Crippen LogP contribution in [0.25, 0.3) is 10.4 Å². The standard InChI is InChI=1S/C51H63ClN6O8S/c1-30(32-12-14-33(15-13-32)42-31(2)54-29-67-42)55-45(62)40-24-36(59)27-58(40)46(63)43(49(3,4)5)56-41(60)28-64-22-10-11-23-65-37-19-16-34(17-20-37)44(61)57-47-50(6,7)48(51(47,8)9)66-38-21-18-35(26-53)39(52)25-38/h12-21,25,29-30,36,40,43,47-48,59H,10-11,22-24,27-28H2,1-9H3,(H,55,62)(H,56,60)(H,57,61)/t30-,36-,40+,43-,47-,48-/m1/s1. The van der Waals surface area contributed by atoms with Gasteiger partial charge in [0.2, 0.25) is 17.7 Å². The molecular formula is C51H63ClN6O8S. The van der Waals surface area contributed by atoms with Gasteiger partial charge in [0.05, 0.1) is 45.4 Å². The third-order valence-electron chi connectivity index (χ3n) is 12.8. The lowest BCUT2D eigenvalue weighted by Gasteiger charge is -2.63. The van der Waals surface area contributed by atoms with E-state index in [9.17, 15) is 29.5 Å². The number of hydrogen-bond donors (Lipinski definition) is 4. The number of amides is 4. The number of carbonyl (C=O) groups excluding carboxylic acids is 4. The van der Waals surface area contributed by atoms with Gasteiger partial charge in [0.25, 0.3) is 5.91 Å². The van der Waals surface area contributed by atoms with Crippen molar-refractivity contribution in [2.45, 2.75) is 118 Å². The van der Waals surface area contributed by atoms with Crippen LogP contribution in [0.1, 0.15) is 108 Å². The summed E-state index contributed by atoms with van der Waals surface area (Å²) in [5, 5.41) is 29.2. The summed E-state index contributed by atoms with van der Waals surface area (Å²) in [4.78, 5) is 61.0. The van der Waals surface area contributed by atoms with E-state index in [1.165, 1.54) is 4.90 Å². The monoisotopic (exact) mass is 954 g/mol. The van der Waals surface area contributed by atoms with Crippen LogP contribution in [0.3, 0.4) is 0 Å². The third-order valence-corrected chi connectivity index (χ3v) is 14.1. The number of hydrogen-bond acceptors (Lipinski definition) is 11. The Balaban J connectivity index is 0.906. The number of aliphatic hydroxyl groups is 1. The molecule has 0 radical (unpaired) electrons. The van der Waals surface area contributed by atoms with E-state index >= 15 is 0 Å². The molecule has 1 saturated heterocycles. The Hall–Kier alpha value is -5.53. The molecule has 1 saturated carbocycles. The number of aryl methyl sites for hydroxylation is 1. The molecule has 2 aliphatic rings. The molecule has 67 heavy (non-hydrogen) atoms. The summed E-state index contributed by atoms with van der Waals surface area (Å²) in [5.41, 5.74) is 4.08. The Bertz CT molecular complexity index is 2430. The van der Waals surface area contributed by atoms with Crippen molar-refractivity contribution < 1.29 is 38.5 Å². The first-order valence-electron chi connectivity index (χ1n) is 22.7. The lowest BCUT2D eigenvalue weighted by Crippen LogP contribution is -2.74. The maximum atomic E-state index is 14.1. The molecule has 4 amide bonds. The van der Waals surface area contributed by atoms with Gasteiger partial charge in [-0.15, -0.1) is 11.3 Å². The number of rotatable bonds is 18. The number of halogens is 1. The summed E-state index contributed by atoms with van der Waals surface area (Å²) in [6, 6.07) is 19.5. The van der Waals surface area contributed by atoms with Crippen LogP contribution in [0.15, 0.2) is 72.2 Å². The van der Waals surface area contributed by atoms with Crippen LogP contribution in [0, 0.1) is 34.5 Å². The minimum atomic E-state index is -0.972. The van der Waals surface area contributed by atoms with Gasteiger partial charge in [-0.1, -0.05) is 84.3 Å². The zero-order chi connectivity index (χ0) is 48.8. The number of aromatic nitrogens is 1. The molecule has 4 atom stereocenters. The number of β-amino-alcohol motifs (C(OH)–C–C–N with tert-alkyl or cyclic N) is 1. The van der Waals surface area contributed by atoms with Gasteiger partial charge < -0.3 is 40.2 Å². The summed E-state index contributed by atoms with van der Waals surface area (Å²) in [7, 11) is 0. The molecule has 1 aromatic heterocycles. The summed E-state index contributed by atoms with van der Waals surface area (Å²) in [5.74, 6) is -0.313. The van der Waals surface area contributed by atoms with Gasteiger partial charge in [-0.2, -0.15) is 5.26 Å². The van der Waals surface area contributed by atoms with Crippen molar-refractivity contribution in [3.63, 3.8) is 0 Å². The third kappa shape index (κ3) is 12.0. The predicted octanol–water partition coefficient (Wildman–Crippen LogP) is 7.80. The quantitative estimate of drug-likeness (QED) is 0.0716. The summed E-state index contributed by atoms with van der Waals surface area (Å²) in [6.07, 6.45) is 0.242. The van der Waals surface area contributed by atoms with Crippen LogP contribution in [-0.4, -0.2) is 95.3 Å². The lowest BCUT2D eigenvalue weighted by molar-refractivity contribution is -0.164. The Morgan fingerprint density at radius 1 is 0.970 bits per heavy atom. The number of thiazole rings is 1. The molecule has 6 rings (SSSR count). The number of nitrogens with zero attached hydrogens (tertiary/aromatic N) is 3. The first-order valence-corrected chi connectivity index (χ1v) is 23.9. The number of unbranched alkanes of at least 4 members (excludes halogenated alkanes) is 1. The fraction of sp³-hybridized carbons (Fsp3) is 0.490. The molecule has 3 aromatic carbocycles. The molecule has 0 unspecified atom stereocenters. The first kappa shape index (κ1) is 50.9. The van der Waals surface area contributed by atoms with Gasteiger partial charge in [-0.25, -0.2) is 4.98 Å². The molecule has 0 spiro atoms. The van der Waals surface area contributed by atoms with Gasteiger partial charge in [0.1, 0.15) is 42.4 Å². The summed E-state index contributed by atoms with van der Waals surface area (Å²) in [6.45, 7) is 18.0. The highest BCUT2D eigenvalue weighted by molar-refractivity contribution is 7.13. The molecule has 4 aromatic rings. The number of ether oxygens (including phenoxy) is 3. The average Bonchev–Trinajstić information content (AvgIpc) is 3.90. The minimum absolute atomic E-state index is 0.0246. The topological polar surface area (TPSA) is 192 Å². The van der Waals surface area contributed by atoms with Crippen LogP contribution >= 0.6 is 22.9 Å². The molecule has 358 valence electrons. The molecule has 2 fully saturated rings. The average molecular weight is 956 g/mol. The van der Waals surface area contributed by atoms with E-state index < -0.39 is 46.2 Å². The van der Waals surface area contributed by atoms with E-state index in [0.29, 0.717) is 47.1 Å². The number of aliphatic hydroxyl groups excluding tert-OH is 1. The SMILES string of the molecule is Cc1ncsc1-c1ccc([C@@H](C)NC(=O)[C@@H]2C[C@@H](O)CN2C(=O)[C@@H](NC(=O)COCCCCOc2ccc(C(=O)N[C@H]3C(C)(C)[C@H](Oc4ccc(C#N)c(Cl)c4)C3(C)C)cc2)C(C)(C)C)cc1. The molecule has 16 heteroatoms. The Kier molecular flexibility index (Phi) is 16.1. The molecule has 1 aliphatic carbocycles. The van der Waals surface area contributed by atoms with Crippen molar-refractivity contribution in [3.8, 4) is 28.0 Å². The van der Waals surface area contributed by atoms with Gasteiger partial charge in [-0.3, -0.25) is 19.2 Å². The molecule has 2 heterocycles. The number of carbonyl (C=O) groups is 4. The van der Waals surface area contributed by atoms with E-state index in [-0.39, 0.29) is 56.2 Å². The Morgan fingerprint density at radius 3 is 2.24 bits per heavy atom.